The third-order valence-corrected chi connectivity index (χ3v) is 8.98. The Balaban J connectivity index is 1.84. The monoisotopic (exact) mass is 596 g/mol. The number of aromatic amines is 1. The van der Waals surface area contributed by atoms with Crippen LogP contribution in [0.25, 0.3) is 21.9 Å². The molecule has 0 aliphatic heterocycles. The van der Waals surface area contributed by atoms with Crippen LogP contribution >= 0.6 is 0 Å². The van der Waals surface area contributed by atoms with Gasteiger partial charge in [0, 0.05) is 0 Å². The summed E-state index contributed by atoms with van der Waals surface area (Å²) in [7, 11) is 0. The van der Waals surface area contributed by atoms with Crippen LogP contribution in [0.3, 0.4) is 0 Å². The number of fused-ring (bicyclic) bond motifs is 1. The zero-order valence-electron chi connectivity index (χ0n) is 24.0. The average molecular weight is 597 g/mol. The summed E-state index contributed by atoms with van der Waals surface area (Å²) in [6.45, 7) is 21.0. The Labute approximate surface area is 240 Å². The molecule has 1 saturated carbocycles. The predicted octanol–water partition coefficient (Wildman–Crippen LogP) is 5.21. The molecule has 2 unspecified atom stereocenters. The Morgan fingerprint density at radius 1 is 1.12 bits per heavy atom. The van der Waals surface area contributed by atoms with Gasteiger partial charge < -0.3 is 0 Å². The van der Waals surface area contributed by atoms with Crippen molar-refractivity contribution < 1.29 is 36.7 Å². The van der Waals surface area contributed by atoms with Gasteiger partial charge in [-0.2, -0.15) is 0 Å². The van der Waals surface area contributed by atoms with Gasteiger partial charge >= 0.3 is 240 Å². The zero-order valence-corrected chi connectivity index (χ0v) is 25.1. The Morgan fingerprint density at radius 2 is 1.73 bits per heavy atom. The normalized spacial score (nSPS) is 21.5. The van der Waals surface area contributed by atoms with E-state index in [-0.39, 0.29) is 52.9 Å². The van der Waals surface area contributed by atoms with E-state index in [1.165, 1.54) is 8.46 Å². The first kappa shape index (κ1) is 30.1. The quantitative estimate of drug-likeness (QED) is 0.184. The Bertz CT molecular complexity index is 1370. The summed E-state index contributed by atoms with van der Waals surface area (Å²) < 4.78 is 34.3. The maximum absolute atomic E-state index is 14.0. The van der Waals surface area contributed by atoms with Crippen LogP contribution in [0.1, 0.15) is 63.4 Å². The van der Waals surface area contributed by atoms with Gasteiger partial charge in [-0.15, -0.1) is 0 Å². The Kier molecular flexibility index (Phi) is 9.92. The standard InChI is InChI=1S/C23H25N4O2.C6H14NO2.Co.O/c1-13-6-8-17(9-7-13)21-25-22-19(18(24-5)12-27(22)26-21)23(28)29-20-15(3)10-14(2)11-16(20)4;1-3-8-5-7-6-9-4-2;;/h6-9,14-16,20H,10-11H2,1-4H3,(H,25,26);3-6H2,1-2H3;;/q;-1;+1;. The van der Waals surface area contributed by atoms with Gasteiger partial charge in [0.2, 0.25) is 0 Å². The number of ether oxygens (including phenoxy) is 3. The van der Waals surface area contributed by atoms with Crippen molar-refractivity contribution >= 4 is 21.9 Å². The summed E-state index contributed by atoms with van der Waals surface area (Å²) in [5, 5.41) is 4.69. The maximum atomic E-state index is 14.0. The topological polar surface area (TPSA) is 103 Å². The molecule has 0 spiro atoms. The average Bonchev–Trinajstić information content (AvgIpc) is 3.47. The molecule has 2 heterocycles. The molecule has 0 radical (unpaired) electrons. The number of nitrogens with zero attached hydrogens (tertiary/aromatic N) is 4. The van der Waals surface area contributed by atoms with Crippen molar-refractivity contribution in [1.29, 1.82) is 0 Å². The van der Waals surface area contributed by atoms with Crippen LogP contribution in [-0.2, 0) is 31.9 Å². The van der Waals surface area contributed by atoms with Gasteiger partial charge in [0.1, 0.15) is 0 Å². The summed E-state index contributed by atoms with van der Waals surface area (Å²) in [5.41, 5.74) is 2.17. The summed E-state index contributed by atoms with van der Waals surface area (Å²) in [4.78, 5) is 20.8. The van der Waals surface area contributed by atoms with Crippen LogP contribution in [0.15, 0.2) is 24.3 Å². The molecule has 4 rings (SSSR count). The van der Waals surface area contributed by atoms with E-state index in [1.807, 2.05) is 45.0 Å². The minimum atomic E-state index is -2.37. The fraction of sp³-hybridized carbons (Fsp3) is 0.552. The van der Waals surface area contributed by atoms with Gasteiger partial charge in [-0.05, 0) is 0 Å². The Morgan fingerprint density at radius 3 is 2.27 bits per heavy atom. The van der Waals surface area contributed by atoms with E-state index in [0.29, 0.717) is 25.0 Å². The molecule has 2 atom stereocenters. The number of rotatable bonds is 11. The molecule has 1 N–H and O–H groups in total. The van der Waals surface area contributed by atoms with Crippen LogP contribution in [0, 0.1) is 31.2 Å². The van der Waals surface area contributed by atoms with Crippen molar-refractivity contribution in [3.8, 4) is 11.4 Å². The van der Waals surface area contributed by atoms with Crippen molar-refractivity contribution in [1.82, 2.24) is 18.5 Å². The summed E-state index contributed by atoms with van der Waals surface area (Å²) in [6, 6.07) is 7.77. The van der Waals surface area contributed by atoms with Crippen molar-refractivity contribution in [2.45, 2.75) is 60.5 Å². The number of benzene rings is 1. The molecule has 11 heteroatoms. The van der Waals surface area contributed by atoms with Crippen LogP contribution < -0.4 is 4.63 Å². The second kappa shape index (κ2) is 13.2. The third-order valence-electron chi connectivity index (χ3n) is 7.22. The first-order valence-corrected chi connectivity index (χ1v) is 15.1. The van der Waals surface area contributed by atoms with Crippen LogP contribution in [0.2, 0.25) is 0 Å². The molecule has 2 aromatic heterocycles. The molecule has 1 fully saturated rings. The van der Waals surface area contributed by atoms with Gasteiger partial charge in [-0.1, -0.05) is 0 Å². The number of hydrogen-bond acceptors (Lipinski definition) is 6. The summed E-state index contributed by atoms with van der Waals surface area (Å²) >= 11 is -2.37. The van der Waals surface area contributed by atoms with Crippen LogP contribution in [0.4, 0.5) is 5.69 Å². The van der Waals surface area contributed by atoms with Crippen molar-refractivity contribution in [3.63, 3.8) is 0 Å². The number of esters is 1. The van der Waals surface area contributed by atoms with E-state index < -0.39 is 19.8 Å². The second-order valence-corrected chi connectivity index (χ2v) is 12.3. The molecular formula is C29H39CoN5O5. The van der Waals surface area contributed by atoms with Crippen molar-refractivity contribution in [2.24, 2.45) is 17.8 Å². The van der Waals surface area contributed by atoms with Gasteiger partial charge in [0.15, 0.2) is 0 Å². The molecule has 219 valence electrons. The first-order chi connectivity index (χ1) is 19.2. The number of nitrogens with one attached hydrogen (secondary N) is 1. The SMILES string of the molecule is [C-]#[N+]c1c(C(=O)OC2C(C)CC(C)CC2C)c2[nH]c(-c3ccc(C)cc3)nn2[c]1[Co](=[O])[N](COCC)COCC. The molecule has 1 aromatic carbocycles. The molecule has 1 aliphatic rings. The van der Waals surface area contributed by atoms with E-state index in [4.69, 9.17) is 25.9 Å². The number of carbonyl (C=O) groups is 1. The molecule has 0 saturated heterocycles. The van der Waals surface area contributed by atoms with Crippen molar-refractivity contribution in [2.75, 3.05) is 26.7 Å². The molecule has 3 aromatic rings. The molecule has 10 nitrogen and oxygen atoms in total. The number of H-pyrrole nitrogens is 1. The molecule has 40 heavy (non-hydrogen) atoms. The van der Waals surface area contributed by atoms with E-state index in [2.05, 4.69) is 30.6 Å². The van der Waals surface area contributed by atoms with Gasteiger partial charge in [0.05, 0.1) is 0 Å². The molecular weight excluding hydrogens is 557 g/mol. The van der Waals surface area contributed by atoms with Gasteiger partial charge in [-0.25, -0.2) is 0 Å². The number of aryl methyl sites for hydroxylation is 1. The van der Waals surface area contributed by atoms with Gasteiger partial charge in [0.25, 0.3) is 0 Å². The zero-order chi connectivity index (χ0) is 29.0. The van der Waals surface area contributed by atoms with E-state index in [9.17, 15) is 8.66 Å². The van der Waals surface area contributed by atoms with E-state index in [1.54, 1.807) is 0 Å². The summed E-state index contributed by atoms with van der Waals surface area (Å²) in [6.07, 6.45) is 1.65. The van der Waals surface area contributed by atoms with E-state index >= 15 is 0 Å². The first-order valence-electron chi connectivity index (χ1n) is 13.7. The van der Waals surface area contributed by atoms with Gasteiger partial charge in [-0.3, -0.25) is 0 Å². The number of aromatic nitrogens is 3. The second-order valence-electron chi connectivity index (χ2n) is 10.5. The van der Waals surface area contributed by atoms with Crippen LogP contribution in [0.5, 0.6) is 0 Å². The predicted molar refractivity (Wildman–Crippen MR) is 147 cm³/mol. The van der Waals surface area contributed by atoms with Crippen LogP contribution in [-0.4, -0.2) is 57.3 Å². The number of carbonyl (C=O) groups excluding carboxylic acids is 1. The van der Waals surface area contributed by atoms with E-state index in [0.717, 1.165) is 24.0 Å². The summed E-state index contributed by atoms with van der Waals surface area (Å²) in [5.74, 6) is 0.800. The molecule has 0 bridgehead atoms. The fourth-order valence-electron chi connectivity index (χ4n) is 5.41. The van der Waals surface area contributed by atoms with Crippen molar-refractivity contribution in [3.05, 3.63) is 46.8 Å². The molecule has 0 amide bonds. The fourth-order valence-corrected chi connectivity index (χ4v) is 6.92. The minimum absolute atomic E-state index is 0.0274. The molecule has 1 aliphatic carbocycles. The Hall–Kier alpha value is -2.88. The third kappa shape index (κ3) is 6.21. The number of hydrogen-bond donors (Lipinski definition) is 1.